The summed E-state index contributed by atoms with van der Waals surface area (Å²) in [6.45, 7) is 0. The van der Waals surface area contributed by atoms with Crippen molar-refractivity contribution in [2.75, 3.05) is 0 Å². The van der Waals surface area contributed by atoms with Gasteiger partial charge in [0.15, 0.2) is 0 Å². The Bertz CT molecular complexity index is 696. The van der Waals surface area contributed by atoms with Crippen LogP contribution in [0.1, 0.15) is 5.56 Å². The van der Waals surface area contributed by atoms with Crippen molar-refractivity contribution in [1.29, 1.82) is 5.26 Å². The number of phenols is 1. The van der Waals surface area contributed by atoms with E-state index >= 15 is 0 Å². The van der Waals surface area contributed by atoms with Crippen LogP contribution in [0, 0.1) is 11.3 Å². The van der Waals surface area contributed by atoms with Gasteiger partial charge in [-0.3, -0.25) is 4.79 Å². The molecule has 0 radical (unpaired) electrons. The van der Waals surface area contributed by atoms with Crippen LogP contribution >= 0.6 is 0 Å². The van der Waals surface area contributed by atoms with E-state index < -0.39 is 5.91 Å². The highest BCUT2D eigenvalue weighted by Crippen LogP contribution is 2.26. The minimum absolute atomic E-state index is 0.00250. The molecule has 0 saturated heterocycles. The van der Waals surface area contributed by atoms with E-state index in [1.54, 1.807) is 18.2 Å². The number of carbonyl (C=O) groups is 1. The van der Waals surface area contributed by atoms with Crippen LogP contribution in [0.2, 0.25) is 0 Å². The molecule has 2 aromatic rings. The minimum Gasteiger partial charge on any atom is -0.507 e. The molecular formula is C14H10N2O2. The van der Waals surface area contributed by atoms with Crippen molar-refractivity contribution in [3.63, 3.8) is 0 Å². The van der Waals surface area contributed by atoms with Gasteiger partial charge in [0.2, 0.25) is 0 Å². The summed E-state index contributed by atoms with van der Waals surface area (Å²) in [5.74, 6) is -0.812. The molecule has 18 heavy (non-hydrogen) atoms. The molecule has 1 amide bonds. The number of nitriles is 1. The number of nitrogens with two attached hydrogens (primary N) is 1. The van der Waals surface area contributed by atoms with E-state index in [0.717, 1.165) is 10.8 Å². The van der Waals surface area contributed by atoms with Gasteiger partial charge in [0.1, 0.15) is 17.4 Å². The van der Waals surface area contributed by atoms with Gasteiger partial charge in [0.25, 0.3) is 5.91 Å². The van der Waals surface area contributed by atoms with Crippen molar-refractivity contribution in [3.05, 3.63) is 47.5 Å². The Labute approximate surface area is 104 Å². The molecule has 2 aromatic carbocycles. The lowest BCUT2D eigenvalue weighted by molar-refractivity contribution is -0.114. The number of rotatable bonds is 2. The number of amides is 1. The van der Waals surface area contributed by atoms with Crippen molar-refractivity contribution in [2.45, 2.75) is 0 Å². The first-order valence-corrected chi connectivity index (χ1v) is 5.25. The summed E-state index contributed by atoms with van der Waals surface area (Å²) in [7, 11) is 0. The predicted octanol–water partition coefficient (Wildman–Crippen LogP) is 1.94. The molecule has 0 unspecified atom stereocenters. The molecule has 0 spiro atoms. The van der Waals surface area contributed by atoms with Crippen LogP contribution in [-0.2, 0) is 4.79 Å². The highest BCUT2D eigenvalue weighted by molar-refractivity contribution is 6.01. The molecule has 4 heteroatoms. The smallest absolute Gasteiger partial charge is 0.259 e. The highest BCUT2D eigenvalue weighted by Gasteiger charge is 2.07. The third-order valence-corrected chi connectivity index (χ3v) is 2.58. The van der Waals surface area contributed by atoms with Crippen molar-refractivity contribution in [3.8, 4) is 11.8 Å². The van der Waals surface area contributed by atoms with Gasteiger partial charge in [0, 0.05) is 5.56 Å². The Morgan fingerprint density at radius 3 is 2.44 bits per heavy atom. The highest BCUT2D eigenvalue weighted by atomic mass is 16.3. The van der Waals surface area contributed by atoms with Gasteiger partial charge in [-0.15, -0.1) is 0 Å². The first-order chi connectivity index (χ1) is 8.61. The van der Waals surface area contributed by atoms with E-state index in [1.165, 1.54) is 6.08 Å². The van der Waals surface area contributed by atoms with Gasteiger partial charge >= 0.3 is 0 Å². The van der Waals surface area contributed by atoms with Crippen LogP contribution in [-0.4, -0.2) is 11.0 Å². The lowest BCUT2D eigenvalue weighted by Crippen LogP contribution is -2.12. The molecule has 0 saturated carbocycles. The average molecular weight is 238 g/mol. The number of hydrogen-bond donors (Lipinski definition) is 2. The van der Waals surface area contributed by atoms with E-state index in [0.29, 0.717) is 5.56 Å². The molecule has 0 fully saturated rings. The maximum atomic E-state index is 11.0. The molecule has 3 N–H and O–H groups in total. The molecule has 0 atom stereocenters. The van der Waals surface area contributed by atoms with Crippen LogP contribution in [0.25, 0.3) is 16.8 Å². The molecular weight excluding hydrogens is 228 g/mol. The zero-order chi connectivity index (χ0) is 13.1. The van der Waals surface area contributed by atoms with Crippen LogP contribution in [0.3, 0.4) is 0 Å². The van der Waals surface area contributed by atoms with Gasteiger partial charge in [-0.05, 0) is 29.0 Å². The Kier molecular flexibility index (Phi) is 2.98. The molecule has 0 aliphatic heterocycles. The topological polar surface area (TPSA) is 87.1 Å². The van der Waals surface area contributed by atoms with Gasteiger partial charge in [-0.25, -0.2) is 0 Å². The predicted molar refractivity (Wildman–Crippen MR) is 68.4 cm³/mol. The SMILES string of the molecule is N#C/C(=C/c1cc2ccccc2cc1O)C(N)=O. The number of primary amides is 1. The van der Waals surface area contributed by atoms with E-state index in [9.17, 15) is 9.90 Å². The van der Waals surface area contributed by atoms with E-state index in [1.807, 2.05) is 24.3 Å². The van der Waals surface area contributed by atoms with E-state index in [4.69, 9.17) is 11.0 Å². The largest absolute Gasteiger partial charge is 0.507 e. The van der Waals surface area contributed by atoms with Gasteiger partial charge in [-0.1, -0.05) is 24.3 Å². The van der Waals surface area contributed by atoms with Crippen LogP contribution in [0.4, 0.5) is 0 Å². The zero-order valence-electron chi connectivity index (χ0n) is 9.42. The average Bonchev–Trinajstić information content (AvgIpc) is 2.35. The molecule has 0 aliphatic rings. The number of carbonyl (C=O) groups excluding carboxylic acids is 1. The van der Waals surface area contributed by atoms with Crippen molar-refractivity contribution >= 4 is 22.8 Å². The quantitative estimate of drug-likeness (QED) is 0.619. The molecule has 0 heterocycles. The Hall–Kier alpha value is -2.80. The van der Waals surface area contributed by atoms with Gasteiger partial charge in [-0.2, -0.15) is 5.26 Å². The Balaban J connectivity index is 2.62. The molecule has 0 bridgehead atoms. The van der Waals surface area contributed by atoms with E-state index in [-0.39, 0.29) is 11.3 Å². The Morgan fingerprint density at radius 2 is 1.89 bits per heavy atom. The fourth-order valence-electron chi connectivity index (χ4n) is 1.68. The summed E-state index contributed by atoms with van der Waals surface area (Å²) in [6.07, 6.45) is 1.28. The second-order valence-electron chi connectivity index (χ2n) is 3.79. The maximum Gasteiger partial charge on any atom is 0.259 e. The third kappa shape index (κ3) is 2.15. The number of aromatic hydroxyl groups is 1. The van der Waals surface area contributed by atoms with E-state index in [2.05, 4.69) is 0 Å². The van der Waals surface area contributed by atoms with Crippen molar-refractivity contribution in [1.82, 2.24) is 0 Å². The van der Waals surface area contributed by atoms with Crippen molar-refractivity contribution in [2.24, 2.45) is 5.73 Å². The molecule has 4 nitrogen and oxygen atoms in total. The Morgan fingerprint density at radius 1 is 1.28 bits per heavy atom. The number of phenolic OH excluding ortho intramolecular Hbond substituents is 1. The minimum atomic E-state index is -0.815. The summed E-state index contributed by atoms with van der Waals surface area (Å²) < 4.78 is 0. The number of hydrogen-bond acceptors (Lipinski definition) is 3. The standard InChI is InChI=1S/C14H10N2O2/c15-8-12(14(16)18)6-11-5-9-3-1-2-4-10(9)7-13(11)17/h1-7,17H,(H2,16,18)/b12-6-. The van der Waals surface area contributed by atoms with Crippen LogP contribution < -0.4 is 5.73 Å². The lowest BCUT2D eigenvalue weighted by atomic mass is 10.0. The maximum absolute atomic E-state index is 11.0. The van der Waals surface area contributed by atoms with Gasteiger partial charge in [0.05, 0.1) is 0 Å². The zero-order valence-corrected chi connectivity index (χ0v) is 9.42. The second kappa shape index (κ2) is 4.60. The fourth-order valence-corrected chi connectivity index (χ4v) is 1.68. The number of fused-ring (bicyclic) bond motifs is 1. The van der Waals surface area contributed by atoms with Gasteiger partial charge < -0.3 is 10.8 Å². The molecule has 88 valence electrons. The third-order valence-electron chi connectivity index (χ3n) is 2.58. The van der Waals surface area contributed by atoms with Crippen LogP contribution in [0.15, 0.2) is 42.0 Å². The monoisotopic (exact) mass is 238 g/mol. The second-order valence-corrected chi connectivity index (χ2v) is 3.79. The summed E-state index contributed by atoms with van der Waals surface area (Å²) in [4.78, 5) is 11.0. The normalized spacial score (nSPS) is 11.2. The molecule has 2 rings (SSSR count). The fraction of sp³-hybridized carbons (Fsp3) is 0. The lowest BCUT2D eigenvalue weighted by Gasteiger charge is -2.03. The molecule has 0 aromatic heterocycles. The summed E-state index contributed by atoms with van der Waals surface area (Å²) in [5.41, 5.74) is 5.25. The molecule has 0 aliphatic carbocycles. The number of benzene rings is 2. The summed E-state index contributed by atoms with van der Waals surface area (Å²) >= 11 is 0. The summed E-state index contributed by atoms with van der Waals surface area (Å²) in [6, 6.07) is 12.5. The summed E-state index contributed by atoms with van der Waals surface area (Å²) in [5, 5.41) is 20.4. The number of nitrogens with zero attached hydrogens (tertiary/aromatic N) is 1. The van der Waals surface area contributed by atoms with Crippen molar-refractivity contribution < 1.29 is 9.90 Å². The first-order valence-electron chi connectivity index (χ1n) is 5.25. The first kappa shape index (κ1) is 11.7. The van der Waals surface area contributed by atoms with Crippen LogP contribution in [0.5, 0.6) is 5.75 Å².